The monoisotopic (exact) mass is 234 g/mol. The minimum absolute atomic E-state index is 0.206. The zero-order chi connectivity index (χ0) is 7.84. The summed E-state index contributed by atoms with van der Waals surface area (Å²) in [5.74, 6) is 1.22. The maximum atomic E-state index is 10.4. The number of hydrogen-bond donors (Lipinski definition) is 0. The Morgan fingerprint density at radius 3 is 2.91 bits per heavy atom. The first-order valence-corrected chi connectivity index (χ1v) is 4.47. The van der Waals surface area contributed by atoms with Gasteiger partial charge in [-0.25, -0.2) is 0 Å². The molecular weight excluding hydrogens is 232 g/mol. The van der Waals surface area contributed by atoms with Crippen LogP contribution in [0.2, 0.25) is 0 Å². The van der Waals surface area contributed by atoms with Crippen LogP contribution < -0.4 is 9.47 Å². The SMILES string of the molecule is O=Cc1sc(Br)c2c1OCO2. The van der Waals surface area contributed by atoms with Crippen LogP contribution >= 0.6 is 27.3 Å². The summed E-state index contributed by atoms with van der Waals surface area (Å²) in [6.45, 7) is 0.206. The number of halogens is 1. The maximum Gasteiger partial charge on any atom is 0.231 e. The predicted molar refractivity (Wildman–Crippen MR) is 43.5 cm³/mol. The Hall–Kier alpha value is -0.550. The molecule has 0 aromatic carbocycles. The van der Waals surface area contributed by atoms with Gasteiger partial charge in [-0.15, -0.1) is 11.3 Å². The van der Waals surface area contributed by atoms with Gasteiger partial charge in [0.1, 0.15) is 8.66 Å². The molecule has 0 unspecified atom stereocenters. The first-order chi connectivity index (χ1) is 5.33. The van der Waals surface area contributed by atoms with Crippen molar-refractivity contribution in [1.82, 2.24) is 0 Å². The summed E-state index contributed by atoms with van der Waals surface area (Å²) in [4.78, 5) is 11.0. The zero-order valence-corrected chi connectivity index (χ0v) is 7.70. The molecule has 0 N–H and O–H groups in total. The van der Waals surface area contributed by atoms with Crippen molar-refractivity contribution in [3.05, 3.63) is 8.66 Å². The fraction of sp³-hybridized carbons (Fsp3) is 0.167. The van der Waals surface area contributed by atoms with E-state index in [2.05, 4.69) is 15.9 Å². The highest BCUT2D eigenvalue weighted by atomic mass is 79.9. The molecule has 58 valence electrons. The van der Waals surface area contributed by atoms with E-state index in [1.807, 2.05) is 0 Å². The highest BCUT2D eigenvalue weighted by molar-refractivity contribution is 9.11. The fourth-order valence-corrected chi connectivity index (χ4v) is 2.42. The van der Waals surface area contributed by atoms with Gasteiger partial charge in [-0.1, -0.05) is 0 Å². The summed E-state index contributed by atoms with van der Waals surface area (Å²) in [5.41, 5.74) is 0. The second-order valence-electron chi connectivity index (χ2n) is 1.92. The molecule has 0 radical (unpaired) electrons. The average Bonchev–Trinajstić information content (AvgIpc) is 2.54. The van der Waals surface area contributed by atoms with Gasteiger partial charge in [-0.3, -0.25) is 4.79 Å². The quantitative estimate of drug-likeness (QED) is 0.699. The van der Waals surface area contributed by atoms with Gasteiger partial charge >= 0.3 is 0 Å². The molecule has 3 nitrogen and oxygen atoms in total. The largest absolute Gasteiger partial charge is 0.452 e. The molecule has 2 heterocycles. The van der Waals surface area contributed by atoms with E-state index in [0.717, 1.165) is 10.1 Å². The molecule has 1 aromatic rings. The molecule has 0 saturated heterocycles. The standard InChI is InChI=1S/C6H3BrO3S/c7-6-5-4(9-2-10-5)3(1-8)11-6/h1H,2H2. The smallest absolute Gasteiger partial charge is 0.231 e. The molecule has 11 heavy (non-hydrogen) atoms. The van der Waals surface area contributed by atoms with Crippen LogP contribution in [0.25, 0.3) is 0 Å². The third-order valence-electron chi connectivity index (χ3n) is 1.32. The van der Waals surface area contributed by atoms with Crippen molar-refractivity contribution in [2.24, 2.45) is 0 Å². The molecule has 2 rings (SSSR count). The van der Waals surface area contributed by atoms with Gasteiger partial charge in [0, 0.05) is 0 Å². The number of fused-ring (bicyclic) bond motifs is 1. The van der Waals surface area contributed by atoms with Crippen LogP contribution in [0.4, 0.5) is 0 Å². The Morgan fingerprint density at radius 1 is 1.45 bits per heavy atom. The number of thiophene rings is 1. The Labute approximate surface area is 75.1 Å². The third-order valence-corrected chi connectivity index (χ3v) is 3.03. The van der Waals surface area contributed by atoms with Gasteiger partial charge in [0.05, 0.1) is 0 Å². The van der Waals surface area contributed by atoms with E-state index in [4.69, 9.17) is 9.47 Å². The van der Waals surface area contributed by atoms with Crippen LogP contribution in [0, 0.1) is 0 Å². The van der Waals surface area contributed by atoms with E-state index in [9.17, 15) is 4.79 Å². The molecule has 1 aliphatic rings. The number of rotatable bonds is 1. The number of carbonyl (C=O) groups is 1. The molecule has 0 spiro atoms. The second-order valence-corrected chi connectivity index (χ2v) is 4.29. The van der Waals surface area contributed by atoms with E-state index in [0.29, 0.717) is 16.4 Å². The van der Waals surface area contributed by atoms with Crippen LogP contribution in [0.5, 0.6) is 11.5 Å². The number of ether oxygens (including phenoxy) is 2. The van der Waals surface area contributed by atoms with Crippen LogP contribution in [0.3, 0.4) is 0 Å². The van der Waals surface area contributed by atoms with Crippen LogP contribution in [-0.2, 0) is 0 Å². The van der Waals surface area contributed by atoms with Crippen molar-refractivity contribution < 1.29 is 14.3 Å². The number of hydrogen-bond acceptors (Lipinski definition) is 4. The Morgan fingerprint density at radius 2 is 2.18 bits per heavy atom. The lowest BCUT2D eigenvalue weighted by molar-refractivity contribution is 0.112. The summed E-state index contributed by atoms with van der Waals surface area (Å²) in [6, 6.07) is 0. The summed E-state index contributed by atoms with van der Waals surface area (Å²) in [7, 11) is 0. The van der Waals surface area contributed by atoms with Gasteiger partial charge in [-0.05, 0) is 15.9 Å². The maximum absolute atomic E-state index is 10.4. The minimum atomic E-state index is 0.206. The topological polar surface area (TPSA) is 35.5 Å². The Bertz CT molecular complexity index is 307. The van der Waals surface area contributed by atoms with Crippen molar-refractivity contribution in [3.8, 4) is 11.5 Å². The van der Waals surface area contributed by atoms with Crippen LogP contribution in [-0.4, -0.2) is 13.1 Å². The normalized spacial score (nSPS) is 13.5. The molecule has 0 atom stereocenters. The van der Waals surface area contributed by atoms with Crippen molar-refractivity contribution in [3.63, 3.8) is 0 Å². The summed E-state index contributed by atoms with van der Waals surface area (Å²) >= 11 is 4.58. The first-order valence-electron chi connectivity index (χ1n) is 2.86. The van der Waals surface area contributed by atoms with E-state index >= 15 is 0 Å². The molecule has 1 aromatic heterocycles. The van der Waals surface area contributed by atoms with E-state index in [1.54, 1.807) is 0 Å². The molecule has 0 fully saturated rings. The van der Waals surface area contributed by atoms with Gasteiger partial charge in [0.25, 0.3) is 0 Å². The molecule has 0 bridgehead atoms. The van der Waals surface area contributed by atoms with Crippen LogP contribution in [0.15, 0.2) is 3.79 Å². The Kier molecular flexibility index (Phi) is 1.61. The lowest BCUT2D eigenvalue weighted by atomic mass is 10.4. The number of aldehydes is 1. The third kappa shape index (κ3) is 0.954. The summed E-state index contributed by atoms with van der Waals surface area (Å²) < 4.78 is 11.0. The lowest BCUT2D eigenvalue weighted by Gasteiger charge is -1.90. The zero-order valence-electron chi connectivity index (χ0n) is 5.30. The fourth-order valence-electron chi connectivity index (χ4n) is 0.874. The highest BCUT2D eigenvalue weighted by Gasteiger charge is 2.24. The van der Waals surface area contributed by atoms with Crippen molar-refractivity contribution in [2.45, 2.75) is 0 Å². The first kappa shape index (κ1) is 7.12. The molecule has 1 aliphatic heterocycles. The lowest BCUT2D eigenvalue weighted by Crippen LogP contribution is -1.94. The van der Waals surface area contributed by atoms with Gasteiger partial charge in [0.2, 0.25) is 6.79 Å². The molecule has 5 heteroatoms. The van der Waals surface area contributed by atoms with E-state index < -0.39 is 0 Å². The van der Waals surface area contributed by atoms with Crippen molar-refractivity contribution >= 4 is 33.6 Å². The van der Waals surface area contributed by atoms with Gasteiger partial charge in [0.15, 0.2) is 17.8 Å². The minimum Gasteiger partial charge on any atom is -0.452 e. The molecule has 0 aliphatic carbocycles. The summed E-state index contributed by atoms with van der Waals surface area (Å²) in [6.07, 6.45) is 0.767. The van der Waals surface area contributed by atoms with Crippen molar-refractivity contribution in [1.29, 1.82) is 0 Å². The second kappa shape index (κ2) is 2.49. The molecule has 0 amide bonds. The molecular formula is C6H3BrO3S. The molecule has 0 saturated carbocycles. The summed E-state index contributed by atoms with van der Waals surface area (Å²) in [5, 5.41) is 0. The van der Waals surface area contributed by atoms with Crippen LogP contribution in [0.1, 0.15) is 9.67 Å². The highest BCUT2D eigenvalue weighted by Crippen LogP contribution is 2.47. The number of carbonyl (C=O) groups excluding carboxylic acids is 1. The predicted octanol–water partition coefficient (Wildman–Crippen LogP) is 2.05. The van der Waals surface area contributed by atoms with E-state index in [1.165, 1.54) is 11.3 Å². The van der Waals surface area contributed by atoms with Crippen molar-refractivity contribution in [2.75, 3.05) is 6.79 Å². The average molecular weight is 235 g/mol. The van der Waals surface area contributed by atoms with Gasteiger partial charge in [-0.2, -0.15) is 0 Å². The van der Waals surface area contributed by atoms with E-state index in [-0.39, 0.29) is 6.79 Å². The Balaban J connectivity index is 2.60. The van der Waals surface area contributed by atoms with Gasteiger partial charge < -0.3 is 9.47 Å².